The average molecular weight is 1550 g/mol. The molecule has 7 rings (SSSR count). The number of aliphatic hydroxyl groups excluding tert-OH is 2. The van der Waals surface area contributed by atoms with Crippen molar-refractivity contribution in [2.45, 2.75) is 109 Å². The van der Waals surface area contributed by atoms with Gasteiger partial charge in [-0.3, -0.25) is 18.6 Å². The fourth-order valence-corrected chi connectivity index (χ4v) is 13.4. The van der Waals surface area contributed by atoms with Crippen LogP contribution < -0.4 is 16.4 Å². The molecule has 0 aromatic heterocycles. The zero-order valence-corrected chi connectivity index (χ0v) is 63.0. The Morgan fingerprint density at radius 2 is 0.863 bits per heavy atom. The number of hydrogen-bond donors (Lipinski definition) is 7. The van der Waals surface area contributed by atoms with E-state index in [2.05, 4.69) is 26.6 Å². The van der Waals surface area contributed by atoms with Gasteiger partial charge < -0.3 is 50.8 Å². The van der Waals surface area contributed by atoms with Crippen molar-refractivity contribution < 1.29 is 74.6 Å². The van der Waals surface area contributed by atoms with Crippen molar-refractivity contribution in [2.75, 3.05) is 65.8 Å². The van der Waals surface area contributed by atoms with Gasteiger partial charge in [0.2, 0.25) is 0 Å². The summed E-state index contributed by atoms with van der Waals surface area (Å²) in [7, 11) is -4.09. The third kappa shape index (κ3) is 30.9. The van der Waals surface area contributed by atoms with Crippen molar-refractivity contribution in [3.05, 3.63) is 205 Å². The molecule has 0 radical (unpaired) electrons. The minimum atomic E-state index is -4.09. The number of nitrogens with one attached hydrogen (secondary N) is 2. The molecule has 552 valence electrons. The van der Waals surface area contributed by atoms with Crippen molar-refractivity contribution >= 4 is 92.6 Å². The molecule has 16 nitrogen and oxygen atoms in total. The number of ether oxygens (including phenoxy) is 3. The van der Waals surface area contributed by atoms with Gasteiger partial charge in [0, 0.05) is 68.6 Å². The smallest absolute Gasteiger partial charge is 0.311 e. The Kier molecular flexibility index (Phi) is 39.0. The first-order valence-corrected chi connectivity index (χ1v) is 37.6. The van der Waals surface area contributed by atoms with Gasteiger partial charge in [0.15, 0.2) is 0 Å². The molecule has 0 aliphatic heterocycles. The third-order valence-electron chi connectivity index (χ3n) is 16.5. The van der Waals surface area contributed by atoms with Crippen LogP contribution in [0.4, 0.5) is 13.2 Å². The number of hydrogen-bond acceptors (Lipinski definition) is 16. The molecule has 0 amide bonds. The van der Waals surface area contributed by atoms with E-state index in [0.717, 1.165) is 32.3 Å². The zero-order valence-electron chi connectivity index (χ0n) is 58.3. The molecular formula is C76H94B2BrCl3F3N3O13S. The summed E-state index contributed by atoms with van der Waals surface area (Å²) in [6.45, 7) is 10.2. The second kappa shape index (κ2) is 45.9. The second-order valence-corrected chi connectivity index (χ2v) is 28.9. The quantitative estimate of drug-likeness (QED) is 0.00622. The molecule has 6 atom stereocenters. The Morgan fingerprint density at radius 1 is 0.520 bits per heavy atom. The topological polar surface area (TPSA) is 253 Å². The fourth-order valence-electron chi connectivity index (χ4n) is 11.7. The van der Waals surface area contributed by atoms with E-state index in [-0.39, 0.29) is 96.8 Å². The summed E-state index contributed by atoms with van der Waals surface area (Å²) >= 11 is 21.3. The lowest BCUT2D eigenvalue weighted by atomic mass is 9.62. The molecular weight excluding hydrogens is 1460 g/mol. The monoisotopic (exact) mass is 1550 g/mol. The highest BCUT2D eigenvalue weighted by molar-refractivity contribution is 9.10. The van der Waals surface area contributed by atoms with Crippen LogP contribution in [0.2, 0.25) is 41.4 Å². The van der Waals surface area contributed by atoms with E-state index in [1.54, 1.807) is 76.9 Å². The first-order chi connectivity index (χ1) is 48.8. The molecule has 0 unspecified atom stereocenters. The molecule has 7 aromatic rings. The summed E-state index contributed by atoms with van der Waals surface area (Å²) in [5, 5.41) is 45.8. The van der Waals surface area contributed by atoms with E-state index >= 15 is 0 Å². The number of carbonyl (C=O) groups is 3. The van der Waals surface area contributed by atoms with Gasteiger partial charge in [0.05, 0.1) is 49.1 Å². The Hall–Kier alpha value is -6.15. The lowest BCUT2D eigenvalue weighted by Crippen LogP contribution is -2.36. The summed E-state index contributed by atoms with van der Waals surface area (Å²) in [6, 6.07) is 41.5. The van der Waals surface area contributed by atoms with E-state index < -0.39 is 35.8 Å². The molecule has 8 N–H and O–H groups in total. The number of carbonyl (C=O) groups excluding carboxylic acids is 3. The Bertz CT molecular complexity index is 3790. The van der Waals surface area contributed by atoms with Crippen LogP contribution >= 0.6 is 50.7 Å². The van der Waals surface area contributed by atoms with Crippen LogP contribution in [0.25, 0.3) is 33.4 Å². The van der Waals surface area contributed by atoms with Crippen LogP contribution in [0.5, 0.6) is 0 Å². The van der Waals surface area contributed by atoms with Gasteiger partial charge in [-0.1, -0.05) is 137 Å². The highest BCUT2D eigenvalue weighted by Crippen LogP contribution is 2.33. The lowest BCUT2D eigenvalue weighted by Gasteiger charge is -2.23. The van der Waals surface area contributed by atoms with Gasteiger partial charge in [-0.15, -0.1) is 0 Å². The molecule has 0 aliphatic rings. The molecule has 7 aromatic carbocycles. The number of rotatable bonds is 39. The Balaban J connectivity index is 0.000000278. The predicted octanol–water partition coefficient (Wildman–Crippen LogP) is 14.7. The minimum Gasteiger partial charge on any atom is -0.466 e. The average Bonchev–Trinajstić information content (AvgIpc) is 0.832. The molecule has 26 heteroatoms. The standard InChI is InChI=1S/C28H30BBrClFO6S.C25H34BClFNO4.C23H30ClFN2O3/c1-3-37-28(33)22(18-38-39(35,36)25-11-8-23(30)9-12-25)15-20(17-29(2)34)14-19-4-6-21(7-5-19)26-16-24(31)10-13-27(26)32;1-3-33-25(31)21(17-29-11-4-12-30)14-19(16-26(2)32)13-18-5-7-20(8-6-18)23-15-22(27)9-10-24(23)28;1-2-30-23(29)18(15-27-10-3-11-28)13-20(26)12-16-4-6-17(7-5-16)21-14-19(24)8-9-22(21)25/h4-13,16,20,22,34H,3,14-15,17-18H2,1-2H3;5-10,15,19,21,29-30,32H,3-4,11-14,16-17H2,1-2H3;4-9,14,18,20,27-28H,2-3,10-13,15,26H2,1H3/t20-,22+;19-,21+;18-,20+/m110/s1. The summed E-state index contributed by atoms with van der Waals surface area (Å²) in [4.78, 5) is 37.5. The Labute approximate surface area is 623 Å². The summed E-state index contributed by atoms with van der Waals surface area (Å²) in [5.74, 6) is -3.79. The number of halogens is 7. The number of esters is 3. The molecule has 0 spiro atoms. The summed E-state index contributed by atoms with van der Waals surface area (Å²) < 4.78 is 89.6. The number of nitrogens with two attached hydrogens (primary N) is 1. The molecule has 0 saturated carbocycles. The summed E-state index contributed by atoms with van der Waals surface area (Å²) in [5.41, 5.74) is 12.7. The van der Waals surface area contributed by atoms with Crippen LogP contribution in [0.15, 0.2) is 161 Å². The van der Waals surface area contributed by atoms with Gasteiger partial charge in [-0.05, 0) is 222 Å². The molecule has 0 aliphatic carbocycles. The minimum absolute atomic E-state index is 0.0231. The first kappa shape index (κ1) is 86.5. The number of aliphatic hydroxyl groups is 2. The largest absolute Gasteiger partial charge is 0.466 e. The SMILES string of the molecule is CCOC(=O)[C@H](CNCCCO)C[C@H](CB(C)O)Cc1ccc(-c2cc(Cl)ccc2F)cc1.CCOC(=O)[C@H](CNCCCO)C[C@H](N)Cc1ccc(-c2cc(Cl)ccc2F)cc1.CCOC(=O)[C@H](COS(=O)(=O)c1ccc(Br)cc1)C[C@H](CB(C)O)Cc1ccc(-c2cc(Cl)ccc2F)cc1. The van der Waals surface area contributed by atoms with Crippen LogP contribution in [0.1, 0.15) is 69.6 Å². The van der Waals surface area contributed by atoms with Crippen molar-refractivity contribution in [3.8, 4) is 33.4 Å². The van der Waals surface area contributed by atoms with Crippen LogP contribution in [-0.4, -0.2) is 132 Å². The van der Waals surface area contributed by atoms with E-state index in [9.17, 15) is 46.0 Å². The number of benzene rings is 7. The highest BCUT2D eigenvalue weighted by atomic mass is 79.9. The van der Waals surface area contributed by atoms with Crippen molar-refractivity contribution in [1.29, 1.82) is 0 Å². The Morgan fingerprint density at radius 3 is 1.22 bits per heavy atom. The van der Waals surface area contributed by atoms with E-state index in [0.29, 0.717) is 134 Å². The normalized spacial score (nSPS) is 13.0. The van der Waals surface area contributed by atoms with Gasteiger partial charge in [-0.2, -0.15) is 8.42 Å². The maximum Gasteiger partial charge on any atom is 0.311 e. The molecule has 0 fully saturated rings. The lowest BCUT2D eigenvalue weighted by molar-refractivity contribution is -0.150. The van der Waals surface area contributed by atoms with Crippen LogP contribution in [0.3, 0.4) is 0 Å². The molecule has 102 heavy (non-hydrogen) atoms. The molecule has 0 bridgehead atoms. The van der Waals surface area contributed by atoms with Crippen LogP contribution in [-0.2, 0) is 62.2 Å². The van der Waals surface area contributed by atoms with Crippen molar-refractivity contribution in [1.82, 2.24) is 10.6 Å². The fraction of sp³-hybridized carbons (Fsp3) is 0.408. The van der Waals surface area contributed by atoms with E-state index in [1.807, 2.05) is 60.7 Å². The maximum atomic E-state index is 14.3. The second-order valence-electron chi connectivity index (χ2n) is 25.0. The van der Waals surface area contributed by atoms with Crippen LogP contribution in [0, 0.1) is 47.0 Å². The predicted molar refractivity (Wildman–Crippen MR) is 405 cm³/mol. The van der Waals surface area contributed by atoms with Gasteiger partial charge in [-0.25, -0.2) is 13.2 Å². The van der Waals surface area contributed by atoms with Gasteiger partial charge >= 0.3 is 17.9 Å². The highest BCUT2D eigenvalue weighted by Gasteiger charge is 2.31. The maximum absolute atomic E-state index is 14.3. The van der Waals surface area contributed by atoms with E-state index in [1.165, 1.54) is 48.5 Å². The first-order valence-electron chi connectivity index (χ1n) is 34.3. The zero-order chi connectivity index (χ0) is 74.7. The third-order valence-corrected chi connectivity index (χ3v) is 19.0. The van der Waals surface area contributed by atoms with Gasteiger partial charge in [0.25, 0.3) is 23.9 Å². The summed E-state index contributed by atoms with van der Waals surface area (Å²) in [6.07, 6.45) is 5.23. The molecule has 0 saturated heterocycles. The van der Waals surface area contributed by atoms with Crippen molar-refractivity contribution in [2.24, 2.45) is 35.3 Å². The van der Waals surface area contributed by atoms with Gasteiger partial charge in [0.1, 0.15) is 17.5 Å². The van der Waals surface area contributed by atoms with E-state index in [4.69, 9.17) is 69.1 Å². The van der Waals surface area contributed by atoms with Crippen molar-refractivity contribution in [3.63, 3.8) is 0 Å². The molecule has 0 heterocycles.